The van der Waals surface area contributed by atoms with Gasteiger partial charge in [0.25, 0.3) is 0 Å². The van der Waals surface area contributed by atoms with E-state index in [1.54, 1.807) is 0 Å². The van der Waals surface area contributed by atoms with Crippen LogP contribution in [0.4, 0.5) is 0 Å². The fraction of sp³-hybridized carbons (Fsp3) is 1.00. The zero-order valence-electron chi connectivity index (χ0n) is 17.2. The Kier molecular flexibility index (Phi) is 17.1. The summed E-state index contributed by atoms with van der Waals surface area (Å²) in [5, 5.41) is 9.47. The van der Waals surface area contributed by atoms with E-state index in [1.165, 1.54) is 51.4 Å². The normalized spacial score (nSPS) is 15.5. The van der Waals surface area contributed by atoms with Crippen LogP contribution >= 0.6 is 15.6 Å². The van der Waals surface area contributed by atoms with E-state index < -0.39 is 15.6 Å². The Bertz CT molecular complexity index is 455. The Morgan fingerprint density at radius 3 is 1.50 bits per heavy atom. The average Bonchev–Trinajstić information content (AvgIpc) is 2.58. The minimum absolute atomic E-state index is 0.0643. The van der Waals surface area contributed by atoms with Gasteiger partial charge in [-0.3, -0.25) is 4.52 Å². The van der Waals surface area contributed by atoms with Crippen LogP contribution in [0.3, 0.4) is 0 Å². The van der Waals surface area contributed by atoms with Gasteiger partial charge in [-0.1, -0.05) is 84.0 Å². The molecule has 0 saturated heterocycles. The number of phosphoric acid groups is 2. The van der Waals surface area contributed by atoms with Crippen molar-refractivity contribution in [2.75, 3.05) is 6.61 Å². The molecule has 0 aromatic heterocycles. The van der Waals surface area contributed by atoms with Crippen LogP contribution in [-0.2, 0) is 18.0 Å². The Hall–Kier alpha value is 0.220. The van der Waals surface area contributed by atoms with Crippen molar-refractivity contribution in [3.8, 4) is 0 Å². The first kappa shape index (κ1) is 28.2. The maximum atomic E-state index is 11.2. The van der Waals surface area contributed by atoms with Crippen molar-refractivity contribution in [1.29, 1.82) is 0 Å². The lowest BCUT2D eigenvalue weighted by Crippen LogP contribution is -2.03. The fourth-order valence-electron chi connectivity index (χ4n) is 2.97. The molecule has 0 spiro atoms. The van der Waals surface area contributed by atoms with Crippen molar-refractivity contribution in [2.24, 2.45) is 0 Å². The molecule has 170 valence electrons. The van der Waals surface area contributed by atoms with Crippen molar-refractivity contribution in [1.82, 2.24) is 0 Å². The Balaban J connectivity index is 3.28. The third-order valence-corrected chi connectivity index (χ3v) is 6.80. The average molecular weight is 446 g/mol. The topological polar surface area (TPSA) is 134 Å². The molecule has 0 fully saturated rings. The monoisotopic (exact) mass is 446 g/mol. The Morgan fingerprint density at radius 1 is 0.714 bits per heavy atom. The number of hydrogen-bond donors (Lipinski definition) is 4. The number of phosphoric ester groups is 1. The lowest BCUT2D eigenvalue weighted by molar-refractivity contribution is 0.156. The summed E-state index contributed by atoms with van der Waals surface area (Å²) in [7, 11) is -9.71. The summed E-state index contributed by atoms with van der Waals surface area (Å²) in [5.74, 6) is 0. The number of unbranched alkanes of at least 4 members (excludes halogenated alkanes) is 12. The highest BCUT2D eigenvalue weighted by atomic mass is 31.3. The second-order valence-electron chi connectivity index (χ2n) is 7.32. The number of aliphatic hydroxyl groups excluding tert-OH is 1. The second kappa shape index (κ2) is 17.0. The molecule has 2 atom stereocenters. The summed E-state index contributed by atoms with van der Waals surface area (Å²) in [4.78, 5) is 26.0. The molecular formula is C18H40O8P2. The maximum absolute atomic E-state index is 11.2. The summed E-state index contributed by atoms with van der Waals surface area (Å²) in [6.45, 7) is 1.95. The fourth-order valence-corrected chi connectivity index (χ4v) is 4.59. The molecule has 2 unspecified atom stereocenters. The van der Waals surface area contributed by atoms with Gasteiger partial charge in [-0.2, -0.15) is 4.31 Å². The van der Waals surface area contributed by atoms with Gasteiger partial charge in [0.2, 0.25) is 0 Å². The summed E-state index contributed by atoms with van der Waals surface area (Å²) < 4.78 is 29.9. The molecule has 8 nitrogen and oxygen atoms in total. The van der Waals surface area contributed by atoms with Gasteiger partial charge < -0.3 is 19.8 Å². The third-order valence-electron chi connectivity index (χ3n) is 4.62. The van der Waals surface area contributed by atoms with Gasteiger partial charge in [0.15, 0.2) is 0 Å². The van der Waals surface area contributed by atoms with Crippen LogP contribution in [0, 0.1) is 0 Å². The lowest BCUT2D eigenvalue weighted by Gasteiger charge is -2.12. The first-order valence-electron chi connectivity index (χ1n) is 10.6. The minimum Gasteiger partial charge on any atom is -0.393 e. The molecule has 0 saturated carbocycles. The first-order chi connectivity index (χ1) is 13.2. The predicted octanol–water partition coefficient (Wildman–Crippen LogP) is 5.45. The van der Waals surface area contributed by atoms with Crippen LogP contribution < -0.4 is 0 Å². The van der Waals surface area contributed by atoms with Crippen LogP contribution in [0.25, 0.3) is 0 Å². The Morgan fingerprint density at radius 2 is 1.11 bits per heavy atom. The summed E-state index contributed by atoms with van der Waals surface area (Å²) in [6.07, 6.45) is 16.3. The predicted molar refractivity (Wildman–Crippen MR) is 110 cm³/mol. The number of hydrogen-bond acceptors (Lipinski definition) is 5. The third kappa shape index (κ3) is 20.9. The SMILES string of the molecule is CCC(O)CCCCCCCCCCCCCCCOP(=O)(O)OP(=O)(O)O. The van der Waals surface area contributed by atoms with Crippen LogP contribution in [0.15, 0.2) is 0 Å². The van der Waals surface area contributed by atoms with Crippen molar-refractivity contribution in [3.05, 3.63) is 0 Å². The van der Waals surface area contributed by atoms with Crippen molar-refractivity contribution in [2.45, 2.75) is 109 Å². The van der Waals surface area contributed by atoms with Gasteiger partial charge in [0.1, 0.15) is 0 Å². The highest BCUT2D eigenvalue weighted by Gasteiger charge is 2.31. The Labute approximate surface area is 169 Å². The zero-order chi connectivity index (χ0) is 21.3. The van der Waals surface area contributed by atoms with Crippen LogP contribution in [0.5, 0.6) is 0 Å². The molecule has 4 N–H and O–H groups in total. The molecule has 0 bridgehead atoms. The van der Waals surface area contributed by atoms with Crippen molar-refractivity contribution < 1.29 is 37.8 Å². The van der Waals surface area contributed by atoms with E-state index in [-0.39, 0.29) is 12.7 Å². The van der Waals surface area contributed by atoms with Gasteiger partial charge in [0.05, 0.1) is 12.7 Å². The molecular weight excluding hydrogens is 406 g/mol. The molecule has 0 heterocycles. The molecule has 0 aliphatic carbocycles. The van der Waals surface area contributed by atoms with E-state index in [2.05, 4.69) is 8.83 Å². The van der Waals surface area contributed by atoms with E-state index in [0.29, 0.717) is 6.42 Å². The van der Waals surface area contributed by atoms with Gasteiger partial charge in [-0.25, -0.2) is 9.13 Å². The van der Waals surface area contributed by atoms with Crippen molar-refractivity contribution in [3.63, 3.8) is 0 Å². The smallest absolute Gasteiger partial charge is 0.393 e. The molecule has 0 rings (SSSR count). The largest absolute Gasteiger partial charge is 0.481 e. The molecule has 10 heteroatoms. The number of rotatable bonds is 20. The van der Waals surface area contributed by atoms with Gasteiger partial charge in [0, 0.05) is 0 Å². The van der Waals surface area contributed by atoms with Crippen LogP contribution in [0.1, 0.15) is 103 Å². The maximum Gasteiger partial charge on any atom is 0.481 e. The molecule has 28 heavy (non-hydrogen) atoms. The highest BCUT2D eigenvalue weighted by Crippen LogP contribution is 2.57. The van der Waals surface area contributed by atoms with E-state index in [9.17, 15) is 14.2 Å². The van der Waals surface area contributed by atoms with Crippen LogP contribution in [-0.4, -0.2) is 32.5 Å². The van der Waals surface area contributed by atoms with Gasteiger partial charge >= 0.3 is 15.6 Å². The second-order valence-corrected chi connectivity index (χ2v) is 10.2. The summed E-state index contributed by atoms with van der Waals surface area (Å²) in [6, 6.07) is 0. The summed E-state index contributed by atoms with van der Waals surface area (Å²) >= 11 is 0. The van der Waals surface area contributed by atoms with E-state index in [0.717, 1.165) is 38.5 Å². The molecule has 0 amide bonds. The van der Waals surface area contributed by atoms with Crippen LogP contribution in [0.2, 0.25) is 0 Å². The molecule has 0 radical (unpaired) electrons. The quantitative estimate of drug-likeness (QED) is 0.143. The standard InChI is InChI=1S/C18H40O8P2/c1-2-18(19)16-14-12-10-8-6-4-3-5-7-9-11-13-15-17-25-28(23,24)26-27(20,21)22/h18-19H,2-17H2,1H3,(H,23,24)(H2,20,21,22). The van der Waals surface area contributed by atoms with E-state index in [4.69, 9.17) is 14.7 Å². The molecule has 0 aliphatic heterocycles. The van der Waals surface area contributed by atoms with Gasteiger partial charge in [-0.05, 0) is 19.3 Å². The molecule has 0 aromatic carbocycles. The van der Waals surface area contributed by atoms with Gasteiger partial charge in [-0.15, -0.1) is 0 Å². The summed E-state index contributed by atoms with van der Waals surface area (Å²) in [5.41, 5.74) is 0. The lowest BCUT2D eigenvalue weighted by atomic mass is 10.0. The molecule has 0 aromatic rings. The minimum atomic E-state index is -5.03. The molecule has 0 aliphatic rings. The number of aliphatic hydroxyl groups is 1. The van der Waals surface area contributed by atoms with E-state index in [1.807, 2.05) is 6.92 Å². The van der Waals surface area contributed by atoms with Crippen molar-refractivity contribution >= 4 is 15.6 Å². The zero-order valence-corrected chi connectivity index (χ0v) is 19.0. The van der Waals surface area contributed by atoms with E-state index >= 15 is 0 Å². The first-order valence-corrected chi connectivity index (χ1v) is 13.6. The highest BCUT2D eigenvalue weighted by molar-refractivity contribution is 7.60.